The number of benzene rings is 2. The summed E-state index contributed by atoms with van der Waals surface area (Å²) >= 11 is 0. The molecule has 0 heterocycles. The number of halogens is 4. The van der Waals surface area contributed by atoms with E-state index in [-0.39, 0.29) is 5.75 Å². The van der Waals surface area contributed by atoms with Crippen molar-refractivity contribution < 1.29 is 36.6 Å². The van der Waals surface area contributed by atoms with Gasteiger partial charge in [0.25, 0.3) is 5.91 Å². The summed E-state index contributed by atoms with van der Waals surface area (Å²) in [6.45, 7) is 0.591. The maximum Gasteiger partial charge on any atom is 0.344 e. The van der Waals surface area contributed by atoms with Gasteiger partial charge < -0.3 is 14.8 Å². The third-order valence-corrected chi connectivity index (χ3v) is 3.12. The minimum atomic E-state index is -1.74. The molecule has 0 unspecified atom stereocenters. The van der Waals surface area contributed by atoms with Gasteiger partial charge in [0.2, 0.25) is 0 Å². The van der Waals surface area contributed by atoms with E-state index >= 15 is 0 Å². The number of rotatable bonds is 6. The fourth-order valence-electron chi connectivity index (χ4n) is 1.84. The van der Waals surface area contributed by atoms with Gasteiger partial charge in [-0.25, -0.2) is 22.4 Å². The smallest absolute Gasteiger partial charge is 0.344 e. The van der Waals surface area contributed by atoms with E-state index in [1.165, 1.54) is 25.1 Å². The van der Waals surface area contributed by atoms with Crippen LogP contribution in [0, 0.1) is 23.3 Å². The van der Waals surface area contributed by atoms with Crippen LogP contribution < -0.4 is 10.1 Å². The predicted octanol–water partition coefficient (Wildman–Crippen LogP) is 3.19. The lowest BCUT2D eigenvalue weighted by atomic mass is 10.2. The number of esters is 1. The van der Waals surface area contributed by atoms with Crippen molar-refractivity contribution in [3.63, 3.8) is 0 Å². The molecule has 0 aliphatic rings. The molecule has 1 N–H and O–H groups in total. The molecule has 2 rings (SSSR count). The first-order valence-corrected chi connectivity index (χ1v) is 7.30. The summed E-state index contributed by atoms with van der Waals surface area (Å²) in [6.07, 6.45) is -1.37. The highest BCUT2D eigenvalue weighted by molar-refractivity contribution is 5.95. The Labute approximate surface area is 145 Å². The van der Waals surface area contributed by atoms with Gasteiger partial charge in [-0.1, -0.05) is 6.07 Å². The van der Waals surface area contributed by atoms with Crippen LogP contribution in [0.2, 0.25) is 0 Å². The largest absolute Gasteiger partial charge is 0.482 e. The number of hydrogen-bond donors (Lipinski definition) is 1. The molecule has 26 heavy (non-hydrogen) atoms. The van der Waals surface area contributed by atoms with Crippen molar-refractivity contribution in [2.45, 2.75) is 13.0 Å². The molecule has 5 nitrogen and oxygen atoms in total. The monoisotopic (exact) mass is 371 g/mol. The Morgan fingerprint density at radius 2 is 1.81 bits per heavy atom. The van der Waals surface area contributed by atoms with Gasteiger partial charge in [-0.15, -0.1) is 0 Å². The molecule has 0 fully saturated rings. The number of hydrogen-bond acceptors (Lipinski definition) is 4. The molecule has 2 aromatic rings. The number of anilines is 1. The Balaban J connectivity index is 1.88. The molecule has 138 valence electrons. The van der Waals surface area contributed by atoms with Crippen LogP contribution in [-0.4, -0.2) is 24.6 Å². The molecule has 2 aromatic carbocycles. The fraction of sp³-hybridized carbons (Fsp3) is 0.176. The fourth-order valence-corrected chi connectivity index (χ4v) is 1.84. The highest BCUT2D eigenvalue weighted by Gasteiger charge is 2.21. The Morgan fingerprint density at radius 1 is 1.08 bits per heavy atom. The van der Waals surface area contributed by atoms with Crippen molar-refractivity contribution in [3.05, 3.63) is 59.7 Å². The average molecular weight is 371 g/mol. The van der Waals surface area contributed by atoms with Gasteiger partial charge in [-0.3, -0.25) is 4.79 Å². The van der Waals surface area contributed by atoms with Crippen LogP contribution in [-0.2, 0) is 14.3 Å². The third-order valence-electron chi connectivity index (χ3n) is 3.12. The van der Waals surface area contributed by atoms with Crippen LogP contribution in [0.3, 0.4) is 0 Å². The maximum absolute atomic E-state index is 13.5. The van der Waals surface area contributed by atoms with Crippen LogP contribution in [0.25, 0.3) is 0 Å². The predicted molar refractivity (Wildman–Crippen MR) is 82.4 cm³/mol. The Bertz CT molecular complexity index is 828. The van der Waals surface area contributed by atoms with E-state index in [1.54, 1.807) is 0 Å². The van der Waals surface area contributed by atoms with Gasteiger partial charge >= 0.3 is 5.97 Å². The molecule has 0 saturated heterocycles. The van der Waals surface area contributed by atoms with Crippen molar-refractivity contribution in [3.8, 4) is 5.75 Å². The summed E-state index contributed by atoms with van der Waals surface area (Å²) < 4.78 is 62.2. The molecule has 9 heteroatoms. The lowest BCUT2D eigenvalue weighted by Crippen LogP contribution is -2.32. The summed E-state index contributed by atoms with van der Waals surface area (Å²) in [6, 6.07) is 6.50. The van der Waals surface area contributed by atoms with E-state index in [4.69, 9.17) is 9.47 Å². The zero-order chi connectivity index (χ0) is 19.3. The average Bonchev–Trinajstić information content (AvgIpc) is 2.60. The molecular weight excluding hydrogens is 358 g/mol. The zero-order valence-electron chi connectivity index (χ0n) is 13.4. The van der Waals surface area contributed by atoms with Gasteiger partial charge in [0.05, 0.1) is 5.69 Å². The molecule has 0 aromatic heterocycles. The molecular formula is C17H13F4NO4. The van der Waals surface area contributed by atoms with Crippen LogP contribution in [0.1, 0.15) is 6.92 Å². The second kappa shape index (κ2) is 8.32. The summed E-state index contributed by atoms with van der Waals surface area (Å²) in [5.41, 5.74) is -0.604. The Kier molecular flexibility index (Phi) is 6.16. The van der Waals surface area contributed by atoms with Gasteiger partial charge in [-0.2, -0.15) is 0 Å². The molecule has 0 bridgehead atoms. The van der Waals surface area contributed by atoms with Crippen LogP contribution in [0.4, 0.5) is 23.2 Å². The van der Waals surface area contributed by atoms with Crippen LogP contribution in [0.5, 0.6) is 5.75 Å². The van der Waals surface area contributed by atoms with E-state index in [9.17, 15) is 27.2 Å². The first-order chi connectivity index (χ1) is 12.3. The van der Waals surface area contributed by atoms with E-state index in [0.717, 1.165) is 12.1 Å². The minimum absolute atomic E-state index is 0.0860. The van der Waals surface area contributed by atoms with Crippen LogP contribution >= 0.6 is 0 Å². The summed E-state index contributed by atoms with van der Waals surface area (Å²) in [4.78, 5) is 23.5. The van der Waals surface area contributed by atoms with Crippen molar-refractivity contribution >= 4 is 17.6 Å². The molecule has 1 atom stereocenters. The zero-order valence-corrected chi connectivity index (χ0v) is 13.4. The van der Waals surface area contributed by atoms with Gasteiger partial charge in [0.1, 0.15) is 11.6 Å². The van der Waals surface area contributed by atoms with Crippen molar-refractivity contribution in [2.75, 3.05) is 11.9 Å². The van der Waals surface area contributed by atoms with Gasteiger partial charge in [-0.05, 0) is 31.2 Å². The number of amides is 1. The molecule has 0 spiro atoms. The molecule has 0 saturated carbocycles. The standard InChI is InChI=1S/C17H13F4NO4/c1-9(17(24)22-13-6-5-12(19)15(20)16(13)21)26-14(23)8-25-11-4-2-3-10(18)7-11/h2-7,9H,8H2,1H3,(H,22,24)/t9-/m0/s1. The summed E-state index contributed by atoms with van der Waals surface area (Å²) in [5.74, 6) is -7.10. The topological polar surface area (TPSA) is 64.6 Å². The molecule has 0 aliphatic heterocycles. The number of ether oxygens (including phenoxy) is 2. The van der Waals surface area contributed by atoms with E-state index in [2.05, 4.69) is 0 Å². The van der Waals surface area contributed by atoms with E-state index in [0.29, 0.717) is 6.07 Å². The molecule has 1 amide bonds. The Hall–Kier alpha value is -3.10. The lowest BCUT2D eigenvalue weighted by molar-refractivity contribution is -0.155. The first kappa shape index (κ1) is 19.2. The number of nitrogens with one attached hydrogen (secondary N) is 1. The molecule has 0 aliphatic carbocycles. The second-order valence-corrected chi connectivity index (χ2v) is 5.09. The van der Waals surface area contributed by atoms with E-state index in [1.807, 2.05) is 5.32 Å². The SMILES string of the molecule is C[C@H](OC(=O)COc1cccc(F)c1)C(=O)Nc1ccc(F)c(F)c1F. The summed E-state index contributed by atoms with van der Waals surface area (Å²) in [7, 11) is 0. The molecule has 0 radical (unpaired) electrons. The lowest BCUT2D eigenvalue weighted by Gasteiger charge is -2.14. The van der Waals surface area contributed by atoms with Crippen molar-refractivity contribution in [2.24, 2.45) is 0 Å². The highest BCUT2D eigenvalue weighted by Crippen LogP contribution is 2.20. The van der Waals surface area contributed by atoms with Crippen molar-refractivity contribution in [1.82, 2.24) is 0 Å². The normalized spacial score (nSPS) is 11.6. The van der Waals surface area contributed by atoms with E-state index < -0.39 is 53.5 Å². The minimum Gasteiger partial charge on any atom is -0.482 e. The maximum atomic E-state index is 13.5. The van der Waals surface area contributed by atoms with Crippen LogP contribution in [0.15, 0.2) is 36.4 Å². The van der Waals surface area contributed by atoms with Gasteiger partial charge in [0, 0.05) is 6.07 Å². The quantitative estimate of drug-likeness (QED) is 0.481. The Morgan fingerprint density at radius 3 is 2.50 bits per heavy atom. The number of carbonyl (C=O) groups is 2. The second-order valence-electron chi connectivity index (χ2n) is 5.09. The first-order valence-electron chi connectivity index (χ1n) is 7.30. The highest BCUT2D eigenvalue weighted by atomic mass is 19.2. The number of carbonyl (C=O) groups excluding carboxylic acids is 2. The van der Waals surface area contributed by atoms with Gasteiger partial charge in [0.15, 0.2) is 30.2 Å². The summed E-state index contributed by atoms with van der Waals surface area (Å²) in [5, 5.41) is 1.98. The van der Waals surface area contributed by atoms with Crippen molar-refractivity contribution in [1.29, 1.82) is 0 Å². The third kappa shape index (κ3) is 4.95.